The Bertz CT molecular complexity index is 315. The van der Waals surface area contributed by atoms with E-state index in [1.807, 2.05) is 6.07 Å². The Morgan fingerprint density at radius 3 is 3.06 bits per heavy atom. The standard InChI is InChI=1S/C13H18O2S/c1-2-7-15-9-11(14)13-8-10-5-3-4-6-12(10)16-13/h3-6,11,13-14H,2,7-9H2,1H3. The second-order valence-electron chi connectivity index (χ2n) is 4.11. The number of fused-ring (bicyclic) bond motifs is 1. The first-order chi connectivity index (χ1) is 7.81. The first-order valence-corrected chi connectivity index (χ1v) is 6.69. The van der Waals surface area contributed by atoms with Crippen molar-refractivity contribution in [2.75, 3.05) is 13.2 Å². The number of rotatable bonds is 5. The van der Waals surface area contributed by atoms with Crippen LogP contribution in [0.4, 0.5) is 0 Å². The SMILES string of the molecule is CCCOCC(O)C1Cc2ccccc2S1. The number of hydrogen-bond acceptors (Lipinski definition) is 3. The molecule has 1 aliphatic rings. The van der Waals surface area contributed by atoms with Crippen LogP contribution in [0.1, 0.15) is 18.9 Å². The van der Waals surface area contributed by atoms with Crippen LogP contribution in [0.2, 0.25) is 0 Å². The maximum Gasteiger partial charge on any atom is 0.0898 e. The van der Waals surface area contributed by atoms with Gasteiger partial charge in [0.1, 0.15) is 0 Å². The molecule has 0 saturated carbocycles. The summed E-state index contributed by atoms with van der Waals surface area (Å²) in [6.45, 7) is 3.27. The van der Waals surface area contributed by atoms with Gasteiger partial charge in [0.05, 0.1) is 12.7 Å². The van der Waals surface area contributed by atoms with Crippen molar-refractivity contribution >= 4 is 11.8 Å². The summed E-state index contributed by atoms with van der Waals surface area (Å²) >= 11 is 1.77. The number of ether oxygens (including phenoxy) is 1. The van der Waals surface area contributed by atoms with Crippen LogP contribution in [0.3, 0.4) is 0 Å². The summed E-state index contributed by atoms with van der Waals surface area (Å²) in [5.41, 5.74) is 1.35. The number of hydrogen-bond donors (Lipinski definition) is 1. The predicted octanol–water partition coefficient (Wildman–Crippen LogP) is 2.49. The van der Waals surface area contributed by atoms with Crippen LogP contribution in [-0.2, 0) is 11.2 Å². The third kappa shape index (κ3) is 2.78. The number of thioether (sulfide) groups is 1. The molecule has 88 valence electrons. The maximum absolute atomic E-state index is 10.0. The Hall–Kier alpha value is -0.510. The van der Waals surface area contributed by atoms with Crippen molar-refractivity contribution in [3.63, 3.8) is 0 Å². The summed E-state index contributed by atoms with van der Waals surface area (Å²) < 4.78 is 5.39. The van der Waals surface area contributed by atoms with Gasteiger partial charge in [0.25, 0.3) is 0 Å². The van der Waals surface area contributed by atoms with Crippen molar-refractivity contribution in [3.05, 3.63) is 29.8 Å². The van der Waals surface area contributed by atoms with E-state index in [1.54, 1.807) is 11.8 Å². The summed E-state index contributed by atoms with van der Waals surface area (Å²) in [7, 11) is 0. The highest BCUT2D eigenvalue weighted by Gasteiger charge is 2.27. The molecular formula is C13H18O2S. The molecule has 1 aliphatic heterocycles. The van der Waals surface area contributed by atoms with Gasteiger partial charge >= 0.3 is 0 Å². The average molecular weight is 238 g/mol. The minimum Gasteiger partial charge on any atom is -0.390 e. The molecule has 1 aromatic rings. The minimum atomic E-state index is -0.357. The Balaban J connectivity index is 1.86. The lowest BCUT2D eigenvalue weighted by Crippen LogP contribution is -2.27. The Labute approximate surface area is 101 Å². The lowest BCUT2D eigenvalue weighted by Gasteiger charge is -2.16. The third-order valence-electron chi connectivity index (χ3n) is 2.74. The number of aliphatic hydroxyl groups is 1. The summed E-state index contributed by atoms with van der Waals surface area (Å²) in [6.07, 6.45) is 1.60. The molecule has 0 aliphatic carbocycles. The smallest absolute Gasteiger partial charge is 0.0898 e. The van der Waals surface area contributed by atoms with Gasteiger partial charge in [-0.1, -0.05) is 25.1 Å². The third-order valence-corrected chi connectivity index (χ3v) is 4.17. The molecular weight excluding hydrogens is 220 g/mol. The van der Waals surface area contributed by atoms with Crippen molar-refractivity contribution in [1.29, 1.82) is 0 Å². The molecule has 2 atom stereocenters. The largest absolute Gasteiger partial charge is 0.390 e. The minimum absolute atomic E-state index is 0.259. The second-order valence-corrected chi connectivity index (χ2v) is 5.39. The molecule has 0 saturated heterocycles. The van der Waals surface area contributed by atoms with E-state index in [9.17, 15) is 5.11 Å². The van der Waals surface area contributed by atoms with E-state index < -0.39 is 0 Å². The molecule has 1 heterocycles. The molecule has 16 heavy (non-hydrogen) atoms. The van der Waals surface area contributed by atoms with E-state index in [1.165, 1.54) is 10.5 Å². The molecule has 2 unspecified atom stereocenters. The predicted molar refractivity (Wildman–Crippen MR) is 66.9 cm³/mol. The van der Waals surface area contributed by atoms with Crippen molar-refractivity contribution in [1.82, 2.24) is 0 Å². The van der Waals surface area contributed by atoms with Crippen molar-refractivity contribution in [2.24, 2.45) is 0 Å². The van der Waals surface area contributed by atoms with E-state index >= 15 is 0 Å². The summed E-state index contributed by atoms with van der Waals surface area (Å²) in [4.78, 5) is 1.31. The fourth-order valence-corrected chi connectivity index (χ4v) is 3.16. The van der Waals surface area contributed by atoms with E-state index in [0.29, 0.717) is 6.61 Å². The van der Waals surface area contributed by atoms with Crippen molar-refractivity contribution < 1.29 is 9.84 Å². The van der Waals surface area contributed by atoms with Gasteiger partial charge in [0.15, 0.2) is 0 Å². The molecule has 0 bridgehead atoms. The quantitative estimate of drug-likeness (QED) is 0.799. The van der Waals surface area contributed by atoms with Crippen molar-refractivity contribution in [2.45, 2.75) is 36.0 Å². The first-order valence-electron chi connectivity index (χ1n) is 5.81. The van der Waals surface area contributed by atoms with Crippen molar-refractivity contribution in [3.8, 4) is 0 Å². The summed E-state index contributed by atoms with van der Waals surface area (Å²) in [6, 6.07) is 8.37. The van der Waals surface area contributed by atoms with E-state index in [4.69, 9.17) is 4.74 Å². The molecule has 2 nitrogen and oxygen atoms in total. The van der Waals surface area contributed by atoms with Crippen LogP contribution in [0.15, 0.2) is 29.2 Å². The normalized spacial score (nSPS) is 20.8. The van der Waals surface area contributed by atoms with Gasteiger partial charge in [-0.25, -0.2) is 0 Å². The highest BCUT2D eigenvalue weighted by molar-refractivity contribution is 8.00. The Morgan fingerprint density at radius 2 is 2.31 bits per heavy atom. The van der Waals surface area contributed by atoms with Gasteiger partial charge in [-0.2, -0.15) is 0 Å². The van der Waals surface area contributed by atoms with E-state index in [2.05, 4.69) is 25.1 Å². The van der Waals surface area contributed by atoms with Crippen LogP contribution in [0.5, 0.6) is 0 Å². The molecule has 0 radical (unpaired) electrons. The summed E-state index contributed by atoms with van der Waals surface area (Å²) in [5, 5.41) is 10.3. The van der Waals surface area contributed by atoms with Crippen LogP contribution in [0.25, 0.3) is 0 Å². The lowest BCUT2D eigenvalue weighted by molar-refractivity contribution is 0.0365. The van der Waals surface area contributed by atoms with Crippen LogP contribution < -0.4 is 0 Å². The molecule has 1 N–H and O–H groups in total. The molecule has 2 rings (SSSR count). The van der Waals surface area contributed by atoms with Crippen LogP contribution >= 0.6 is 11.8 Å². The zero-order chi connectivity index (χ0) is 11.4. The molecule has 3 heteroatoms. The highest BCUT2D eigenvalue weighted by Crippen LogP contribution is 2.38. The molecule has 0 fully saturated rings. The second kappa shape index (κ2) is 5.71. The lowest BCUT2D eigenvalue weighted by atomic mass is 10.1. The topological polar surface area (TPSA) is 29.5 Å². The molecule has 0 aromatic heterocycles. The fraction of sp³-hybridized carbons (Fsp3) is 0.538. The average Bonchev–Trinajstić information content (AvgIpc) is 2.73. The zero-order valence-electron chi connectivity index (χ0n) is 9.56. The van der Waals surface area contributed by atoms with Gasteiger partial charge in [0, 0.05) is 16.8 Å². The summed E-state index contributed by atoms with van der Waals surface area (Å²) in [5.74, 6) is 0. The fourth-order valence-electron chi connectivity index (χ4n) is 1.88. The Kier molecular flexibility index (Phi) is 4.27. The van der Waals surface area contributed by atoms with Gasteiger partial charge in [-0.3, -0.25) is 0 Å². The molecule has 0 spiro atoms. The van der Waals surface area contributed by atoms with Gasteiger partial charge in [0.2, 0.25) is 0 Å². The van der Waals surface area contributed by atoms with E-state index in [0.717, 1.165) is 19.4 Å². The molecule has 0 amide bonds. The van der Waals surface area contributed by atoms with Gasteiger partial charge < -0.3 is 9.84 Å². The van der Waals surface area contributed by atoms with Gasteiger partial charge in [-0.15, -0.1) is 11.8 Å². The highest BCUT2D eigenvalue weighted by atomic mass is 32.2. The first kappa shape index (κ1) is 12.0. The van der Waals surface area contributed by atoms with Gasteiger partial charge in [-0.05, 0) is 24.5 Å². The van der Waals surface area contributed by atoms with Crippen LogP contribution in [-0.4, -0.2) is 29.7 Å². The van der Waals surface area contributed by atoms with Crippen LogP contribution in [0, 0.1) is 0 Å². The number of benzene rings is 1. The van der Waals surface area contributed by atoms with E-state index in [-0.39, 0.29) is 11.4 Å². The Morgan fingerprint density at radius 1 is 1.50 bits per heavy atom. The maximum atomic E-state index is 10.0. The number of aliphatic hydroxyl groups excluding tert-OH is 1. The molecule has 1 aromatic carbocycles. The monoisotopic (exact) mass is 238 g/mol. The zero-order valence-corrected chi connectivity index (χ0v) is 10.4.